The minimum absolute atomic E-state index is 0.101. The Morgan fingerprint density at radius 1 is 1.36 bits per heavy atom. The van der Waals surface area contributed by atoms with E-state index in [-0.39, 0.29) is 5.41 Å². The van der Waals surface area contributed by atoms with Crippen molar-refractivity contribution in [3.05, 3.63) is 15.6 Å². The first-order chi connectivity index (χ1) is 10.1. The molecule has 2 atom stereocenters. The molecule has 0 saturated carbocycles. The van der Waals surface area contributed by atoms with Gasteiger partial charge in [0.15, 0.2) is 0 Å². The predicted octanol–water partition coefficient (Wildman–Crippen LogP) is 2.05. The number of hydrogen-bond donors (Lipinski definition) is 1. The van der Waals surface area contributed by atoms with Crippen molar-refractivity contribution in [1.29, 1.82) is 0 Å². The van der Waals surface area contributed by atoms with Crippen LogP contribution >= 0.6 is 11.3 Å². The van der Waals surface area contributed by atoms with Crippen molar-refractivity contribution in [2.45, 2.75) is 57.5 Å². The van der Waals surface area contributed by atoms with Gasteiger partial charge < -0.3 is 0 Å². The maximum Gasteiger partial charge on any atom is 0.208 e. The molecule has 3 rings (SSSR count). The molecule has 0 spiro atoms. The minimum Gasteiger partial charge on any atom is -0.291 e. The van der Waals surface area contributed by atoms with E-state index in [0.717, 1.165) is 13.0 Å². The summed E-state index contributed by atoms with van der Waals surface area (Å²) in [4.78, 5) is 8.79. The summed E-state index contributed by atoms with van der Waals surface area (Å²) in [5, 5.41) is 1.22. The van der Waals surface area contributed by atoms with Crippen molar-refractivity contribution in [2.75, 3.05) is 19.3 Å². The fourth-order valence-corrected chi connectivity index (χ4v) is 5.22. The molecule has 0 aliphatic carbocycles. The van der Waals surface area contributed by atoms with Gasteiger partial charge in [0, 0.05) is 41.9 Å². The van der Waals surface area contributed by atoms with E-state index in [1.807, 2.05) is 11.3 Å². The Labute approximate surface area is 137 Å². The number of thiazole rings is 1. The van der Waals surface area contributed by atoms with Gasteiger partial charge in [0.25, 0.3) is 0 Å². The molecule has 22 heavy (non-hydrogen) atoms. The Hall–Kier alpha value is -0.500. The van der Waals surface area contributed by atoms with Gasteiger partial charge in [-0.25, -0.2) is 18.1 Å². The van der Waals surface area contributed by atoms with Crippen LogP contribution in [0.1, 0.15) is 55.2 Å². The molecule has 1 aromatic rings. The summed E-state index contributed by atoms with van der Waals surface area (Å²) in [6, 6.07) is 0.956. The zero-order valence-electron chi connectivity index (χ0n) is 13.7. The largest absolute Gasteiger partial charge is 0.291 e. The van der Waals surface area contributed by atoms with E-state index in [2.05, 4.69) is 30.4 Å². The summed E-state index contributed by atoms with van der Waals surface area (Å²) in [7, 11) is -3.10. The summed E-state index contributed by atoms with van der Waals surface area (Å²) in [6.07, 6.45) is 4.59. The maximum absolute atomic E-state index is 11.2. The molecule has 3 heterocycles. The maximum atomic E-state index is 11.2. The lowest BCUT2D eigenvalue weighted by molar-refractivity contribution is 0.183. The smallest absolute Gasteiger partial charge is 0.208 e. The van der Waals surface area contributed by atoms with Gasteiger partial charge in [-0.3, -0.25) is 4.90 Å². The van der Waals surface area contributed by atoms with E-state index >= 15 is 0 Å². The lowest BCUT2D eigenvalue weighted by Crippen LogP contribution is -2.41. The third kappa shape index (κ3) is 3.22. The molecule has 1 fully saturated rings. The van der Waals surface area contributed by atoms with Crippen LogP contribution in [0.2, 0.25) is 0 Å². The van der Waals surface area contributed by atoms with Crippen LogP contribution in [0.3, 0.4) is 0 Å². The van der Waals surface area contributed by atoms with E-state index in [9.17, 15) is 8.42 Å². The molecule has 1 saturated heterocycles. The molecule has 1 aromatic heterocycles. The molecule has 2 unspecified atom stereocenters. The van der Waals surface area contributed by atoms with Crippen LogP contribution in [-0.4, -0.2) is 43.7 Å². The van der Waals surface area contributed by atoms with Gasteiger partial charge in [-0.2, -0.15) is 0 Å². The Bertz CT molecular complexity index is 661. The zero-order valence-corrected chi connectivity index (χ0v) is 15.4. The molecule has 2 bridgehead atoms. The number of nitrogens with zero attached hydrogens (tertiary/aromatic N) is 2. The van der Waals surface area contributed by atoms with Crippen LogP contribution in [0, 0.1) is 0 Å². The number of nitrogens with one attached hydrogen (secondary N) is 1. The standard InChI is InChI=1S/C15H25N3O2S2/c1-15(2,3)14-17-11-9-10-5-6-12(13(11)21-14)18(10)8-7-16-22(4,19)20/h10,12,16H,5-9H2,1-4H3. The van der Waals surface area contributed by atoms with Crippen molar-refractivity contribution in [3.63, 3.8) is 0 Å². The van der Waals surface area contributed by atoms with E-state index in [1.54, 1.807) is 0 Å². The highest BCUT2D eigenvalue weighted by Gasteiger charge is 2.42. The molecule has 7 heteroatoms. The second kappa shape index (κ2) is 5.54. The van der Waals surface area contributed by atoms with Crippen LogP contribution < -0.4 is 4.72 Å². The first-order valence-electron chi connectivity index (χ1n) is 7.85. The number of sulfonamides is 1. The second-order valence-corrected chi connectivity index (χ2v) is 10.3. The lowest BCUT2D eigenvalue weighted by atomic mass is 9.98. The van der Waals surface area contributed by atoms with Gasteiger partial charge in [0.2, 0.25) is 10.0 Å². The number of fused-ring (bicyclic) bond motifs is 4. The molecule has 0 amide bonds. The molecule has 1 N–H and O–H groups in total. The fraction of sp³-hybridized carbons (Fsp3) is 0.800. The Morgan fingerprint density at radius 3 is 2.73 bits per heavy atom. The van der Waals surface area contributed by atoms with Crippen molar-refractivity contribution < 1.29 is 8.42 Å². The van der Waals surface area contributed by atoms with E-state index in [4.69, 9.17) is 4.98 Å². The normalized spacial score (nSPS) is 25.5. The molecular formula is C15H25N3O2S2. The molecule has 2 aliphatic rings. The van der Waals surface area contributed by atoms with Crippen LogP contribution in [-0.2, 0) is 21.9 Å². The van der Waals surface area contributed by atoms with Crippen molar-refractivity contribution in [2.24, 2.45) is 0 Å². The summed E-state index contributed by atoms with van der Waals surface area (Å²) in [5.74, 6) is 0. The fourth-order valence-electron chi connectivity index (χ4n) is 3.45. The highest BCUT2D eigenvalue weighted by molar-refractivity contribution is 7.88. The van der Waals surface area contributed by atoms with Crippen LogP contribution in [0.25, 0.3) is 0 Å². The van der Waals surface area contributed by atoms with Gasteiger partial charge in [-0.1, -0.05) is 20.8 Å². The molecule has 0 aromatic carbocycles. The van der Waals surface area contributed by atoms with Gasteiger partial charge in [-0.05, 0) is 12.8 Å². The quantitative estimate of drug-likeness (QED) is 0.909. The zero-order chi connectivity index (χ0) is 16.1. The van der Waals surface area contributed by atoms with Crippen LogP contribution in [0.4, 0.5) is 0 Å². The monoisotopic (exact) mass is 343 g/mol. The van der Waals surface area contributed by atoms with Crippen LogP contribution in [0.5, 0.6) is 0 Å². The summed E-state index contributed by atoms with van der Waals surface area (Å²) < 4.78 is 25.1. The molecule has 5 nitrogen and oxygen atoms in total. The van der Waals surface area contributed by atoms with Crippen molar-refractivity contribution >= 4 is 21.4 Å². The Kier molecular flexibility index (Phi) is 4.12. The summed E-state index contributed by atoms with van der Waals surface area (Å²) in [6.45, 7) is 7.91. The molecule has 0 radical (unpaired) electrons. The van der Waals surface area contributed by atoms with Gasteiger partial charge in [-0.15, -0.1) is 11.3 Å². The second-order valence-electron chi connectivity index (χ2n) is 7.44. The SMILES string of the molecule is CC(C)(C)c1nc2c(s1)C1CCC(C2)N1CCNS(C)(=O)=O. The molecular weight excluding hydrogens is 318 g/mol. The first kappa shape index (κ1) is 16.4. The average molecular weight is 344 g/mol. The topological polar surface area (TPSA) is 62.3 Å². The molecule has 2 aliphatic heterocycles. The predicted molar refractivity (Wildman–Crippen MR) is 89.8 cm³/mol. The molecule has 124 valence electrons. The van der Waals surface area contributed by atoms with Crippen molar-refractivity contribution in [3.8, 4) is 0 Å². The van der Waals surface area contributed by atoms with E-state index < -0.39 is 10.0 Å². The lowest BCUT2D eigenvalue weighted by Gasteiger charge is -2.33. The third-order valence-corrected chi connectivity index (χ3v) is 6.83. The highest BCUT2D eigenvalue weighted by Crippen LogP contribution is 2.47. The van der Waals surface area contributed by atoms with E-state index in [0.29, 0.717) is 18.6 Å². The summed E-state index contributed by atoms with van der Waals surface area (Å²) >= 11 is 1.85. The number of hydrogen-bond acceptors (Lipinski definition) is 5. The Morgan fingerprint density at radius 2 is 2.09 bits per heavy atom. The Balaban J connectivity index is 1.76. The minimum atomic E-state index is -3.10. The summed E-state index contributed by atoms with van der Waals surface area (Å²) in [5.41, 5.74) is 1.39. The number of rotatable bonds is 4. The first-order valence-corrected chi connectivity index (χ1v) is 10.6. The van der Waals surface area contributed by atoms with Gasteiger partial charge >= 0.3 is 0 Å². The van der Waals surface area contributed by atoms with Gasteiger partial charge in [0.1, 0.15) is 0 Å². The average Bonchev–Trinajstić information content (AvgIpc) is 2.90. The van der Waals surface area contributed by atoms with Crippen LogP contribution in [0.15, 0.2) is 0 Å². The van der Waals surface area contributed by atoms with Crippen molar-refractivity contribution in [1.82, 2.24) is 14.6 Å². The highest BCUT2D eigenvalue weighted by atomic mass is 32.2. The van der Waals surface area contributed by atoms with Gasteiger partial charge in [0.05, 0.1) is 17.0 Å². The third-order valence-electron chi connectivity index (χ3n) is 4.48. The van der Waals surface area contributed by atoms with E-state index in [1.165, 1.54) is 34.7 Å². The number of aromatic nitrogens is 1.